The fourth-order valence-electron chi connectivity index (χ4n) is 3.47. The lowest BCUT2D eigenvalue weighted by atomic mass is 10.0. The normalized spacial score (nSPS) is 16.0. The standard InChI is InChI=1S/C21H20F2N4O/c1-12-3-5-16(13(2)7-12)18-9-19-21(28)25-11-20(27(19)26-18)24-10-14-8-15(22)4-6-17(14)23/h3-9,20,24H,10-11H2,1-2H3,(H,25,28)/t20-/m1/s1. The Kier molecular flexibility index (Phi) is 4.68. The molecule has 0 aliphatic carbocycles. The number of nitrogens with zero attached hydrogens (tertiary/aromatic N) is 2. The van der Waals surface area contributed by atoms with Crippen molar-refractivity contribution in [2.75, 3.05) is 6.54 Å². The highest BCUT2D eigenvalue weighted by molar-refractivity contribution is 5.94. The van der Waals surface area contributed by atoms with E-state index in [-0.39, 0.29) is 24.2 Å². The molecule has 2 N–H and O–H groups in total. The van der Waals surface area contributed by atoms with Gasteiger partial charge in [-0.25, -0.2) is 13.5 Å². The number of amides is 1. The molecule has 0 unspecified atom stereocenters. The third-order valence-corrected chi connectivity index (χ3v) is 4.91. The van der Waals surface area contributed by atoms with Gasteiger partial charge in [-0.05, 0) is 43.7 Å². The molecule has 1 aromatic heterocycles. The molecule has 0 saturated carbocycles. The molecule has 144 valence electrons. The number of aryl methyl sites for hydroxylation is 2. The summed E-state index contributed by atoms with van der Waals surface area (Å²) in [6, 6.07) is 11.2. The molecule has 4 rings (SSSR count). The maximum atomic E-state index is 13.9. The summed E-state index contributed by atoms with van der Waals surface area (Å²) in [6.45, 7) is 4.44. The van der Waals surface area contributed by atoms with E-state index in [4.69, 9.17) is 0 Å². The van der Waals surface area contributed by atoms with Crippen LogP contribution in [0.5, 0.6) is 0 Å². The first kappa shape index (κ1) is 18.3. The van der Waals surface area contributed by atoms with Gasteiger partial charge in [0.25, 0.3) is 5.91 Å². The van der Waals surface area contributed by atoms with Crippen LogP contribution in [0.4, 0.5) is 8.78 Å². The molecule has 0 spiro atoms. The van der Waals surface area contributed by atoms with Gasteiger partial charge in [0.05, 0.1) is 12.2 Å². The van der Waals surface area contributed by atoms with Crippen LogP contribution in [-0.2, 0) is 6.54 Å². The van der Waals surface area contributed by atoms with Crippen LogP contribution in [-0.4, -0.2) is 22.2 Å². The Morgan fingerprint density at radius 1 is 1.18 bits per heavy atom. The number of carbonyl (C=O) groups excluding carboxylic acids is 1. The number of aromatic nitrogens is 2. The van der Waals surface area contributed by atoms with Crippen LogP contribution >= 0.6 is 0 Å². The van der Waals surface area contributed by atoms with Crippen molar-refractivity contribution in [1.82, 2.24) is 20.4 Å². The second-order valence-corrected chi connectivity index (χ2v) is 7.02. The van der Waals surface area contributed by atoms with Crippen LogP contribution in [0.1, 0.15) is 33.3 Å². The lowest BCUT2D eigenvalue weighted by Crippen LogP contribution is -2.45. The molecule has 2 aromatic carbocycles. The van der Waals surface area contributed by atoms with E-state index in [9.17, 15) is 13.6 Å². The first-order valence-electron chi connectivity index (χ1n) is 9.05. The Balaban J connectivity index is 1.63. The summed E-state index contributed by atoms with van der Waals surface area (Å²) >= 11 is 0. The highest BCUT2D eigenvalue weighted by Gasteiger charge is 2.27. The number of fused-ring (bicyclic) bond motifs is 1. The monoisotopic (exact) mass is 382 g/mol. The lowest BCUT2D eigenvalue weighted by molar-refractivity contribution is 0.0900. The Bertz CT molecular complexity index is 1060. The van der Waals surface area contributed by atoms with E-state index < -0.39 is 11.6 Å². The largest absolute Gasteiger partial charge is 0.347 e. The highest BCUT2D eigenvalue weighted by atomic mass is 19.1. The molecule has 5 nitrogen and oxygen atoms in total. The van der Waals surface area contributed by atoms with Gasteiger partial charge in [0, 0.05) is 17.7 Å². The van der Waals surface area contributed by atoms with Gasteiger partial charge in [0.15, 0.2) is 0 Å². The van der Waals surface area contributed by atoms with Crippen molar-refractivity contribution >= 4 is 5.91 Å². The molecule has 1 aliphatic rings. The molecule has 0 radical (unpaired) electrons. The fourth-order valence-corrected chi connectivity index (χ4v) is 3.47. The van der Waals surface area contributed by atoms with E-state index in [1.165, 1.54) is 0 Å². The minimum atomic E-state index is -0.493. The number of rotatable bonds is 4. The minimum Gasteiger partial charge on any atom is -0.347 e. The van der Waals surface area contributed by atoms with Crippen molar-refractivity contribution in [3.05, 3.63) is 76.5 Å². The number of halogens is 2. The second kappa shape index (κ2) is 7.16. The van der Waals surface area contributed by atoms with Crippen molar-refractivity contribution in [2.24, 2.45) is 0 Å². The molecular weight excluding hydrogens is 362 g/mol. The molecular formula is C21H20F2N4O. The zero-order valence-corrected chi connectivity index (χ0v) is 15.6. The maximum Gasteiger partial charge on any atom is 0.269 e. The third kappa shape index (κ3) is 3.41. The summed E-state index contributed by atoms with van der Waals surface area (Å²) in [5, 5.41) is 10.6. The van der Waals surface area contributed by atoms with Gasteiger partial charge in [0.2, 0.25) is 0 Å². The van der Waals surface area contributed by atoms with Crippen LogP contribution < -0.4 is 10.6 Å². The molecule has 28 heavy (non-hydrogen) atoms. The van der Waals surface area contributed by atoms with Crippen molar-refractivity contribution < 1.29 is 13.6 Å². The van der Waals surface area contributed by atoms with Crippen LogP contribution in [0.25, 0.3) is 11.3 Å². The molecule has 7 heteroatoms. The van der Waals surface area contributed by atoms with Crippen LogP contribution in [0.3, 0.4) is 0 Å². The lowest BCUT2D eigenvalue weighted by Gasteiger charge is -2.26. The van der Waals surface area contributed by atoms with Gasteiger partial charge >= 0.3 is 0 Å². The molecule has 0 bridgehead atoms. The molecule has 0 fully saturated rings. The molecule has 1 atom stereocenters. The smallest absolute Gasteiger partial charge is 0.269 e. The topological polar surface area (TPSA) is 59.0 Å². The van der Waals surface area contributed by atoms with E-state index in [1.54, 1.807) is 10.7 Å². The summed E-state index contributed by atoms with van der Waals surface area (Å²) in [7, 11) is 0. The number of hydrogen-bond donors (Lipinski definition) is 2. The summed E-state index contributed by atoms with van der Waals surface area (Å²) < 4.78 is 28.9. The number of carbonyl (C=O) groups is 1. The van der Waals surface area contributed by atoms with E-state index >= 15 is 0 Å². The van der Waals surface area contributed by atoms with E-state index in [0.717, 1.165) is 34.9 Å². The Morgan fingerprint density at radius 3 is 2.79 bits per heavy atom. The predicted molar refractivity (Wildman–Crippen MR) is 102 cm³/mol. The van der Waals surface area contributed by atoms with Crippen molar-refractivity contribution in [3.63, 3.8) is 0 Å². The fraction of sp³-hybridized carbons (Fsp3) is 0.238. The van der Waals surface area contributed by atoms with E-state index in [2.05, 4.69) is 21.8 Å². The number of benzene rings is 2. The van der Waals surface area contributed by atoms with Gasteiger partial charge in [-0.2, -0.15) is 5.10 Å². The average molecular weight is 382 g/mol. The number of nitrogens with one attached hydrogen (secondary N) is 2. The molecule has 0 saturated heterocycles. The van der Waals surface area contributed by atoms with Gasteiger partial charge in [-0.15, -0.1) is 0 Å². The van der Waals surface area contributed by atoms with Crippen LogP contribution in [0.15, 0.2) is 42.5 Å². The predicted octanol–water partition coefficient (Wildman–Crippen LogP) is 3.48. The van der Waals surface area contributed by atoms with Crippen LogP contribution in [0, 0.1) is 25.5 Å². The summed E-state index contributed by atoms with van der Waals surface area (Å²) in [5.74, 6) is -1.18. The highest BCUT2D eigenvalue weighted by Crippen LogP contribution is 2.26. The maximum absolute atomic E-state index is 13.9. The van der Waals surface area contributed by atoms with Gasteiger partial charge < -0.3 is 5.32 Å². The Labute approximate surface area is 161 Å². The van der Waals surface area contributed by atoms with Crippen molar-refractivity contribution in [3.8, 4) is 11.3 Å². The van der Waals surface area contributed by atoms with Gasteiger partial charge in [0.1, 0.15) is 23.5 Å². The second-order valence-electron chi connectivity index (χ2n) is 7.02. The van der Waals surface area contributed by atoms with Gasteiger partial charge in [-0.3, -0.25) is 10.1 Å². The zero-order chi connectivity index (χ0) is 19.8. The molecule has 1 amide bonds. The Morgan fingerprint density at radius 2 is 2.00 bits per heavy atom. The van der Waals surface area contributed by atoms with E-state index in [0.29, 0.717) is 17.9 Å². The number of hydrogen-bond acceptors (Lipinski definition) is 3. The summed E-state index contributed by atoms with van der Waals surface area (Å²) in [4.78, 5) is 12.3. The van der Waals surface area contributed by atoms with Crippen molar-refractivity contribution in [2.45, 2.75) is 26.6 Å². The summed E-state index contributed by atoms with van der Waals surface area (Å²) in [5.41, 5.74) is 4.53. The van der Waals surface area contributed by atoms with Crippen molar-refractivity contribution in [1.29, 1.82) is 0 Å². The first-order valence-corrected chi connectivity index (χ1v) is 9.05. The van der Waals surface area contributed by atoms with E-state index in [1.807, 2.05) is 26.0 Å². The van der Waals surface area contributed by atoms with Gasteiger partial charge in [-0.1, -0.05) is 23.8 Å². The molecule has 3 aromatic rings. The third-order valence-electron chi connectivity index (χ3n) is 4.91. The summed E-state index contributed by atoms with van der Waals surface area (Å²) in [6.07, 6.45) is -0.366. The minimum absolute atomic E-state index is 0.113. The quantitative estimate of drug-likeness (QED) is 0.726. The van der Waals surface area contributed by atoms with Crippen LogP contribution in [0.2, 0.25) is 0 Å². The molecule has 1 aliphatic heterocycles. The average Bonchev–Trinajstić information content (AvgIpc) is 3.10. The SMILES string of the molecule is Cc1ccc(-c2cc3n(n2)[C@@H](NCc2cc(F)ccc2F)CNC3=O)c(C)c1. The Hall–Kier alpha value is -3.06. The first-order chi connectivity index (χ1) is 13.4. The molecule has 2 heterocycles. The zero-order valence-electron chi connectivity index (χ0n) is 15.6.